The Morgan fingerprint density at radius 1 is 1.12 bits per heavy atom. The fourth-order valence-corrected chi connectivity index (χ4v) is 3.54. The van der Waals surface area contributed by atoms with E-state index in [1.165, 1.54) is 11.1 Å². The highest BCUT2D eigenvalue weighted by atomic mass is 79.9. The van der Waals surface area contributed by atoms with Crippen molar-refractivity contribution in [3.05, 3.63) is 75.5 Å². The Kier molecular flexibility index (Phi) is 5.79. The van der Waals surface area contributed by atoms with E-state index in [0.29, 0.717) is 0 Å². The highest BCUT2D eigenvalue weighted by molar-refractivity contribution is 9.10. The Labute approximate surface area is 163 Å². The van der Waals surface area contributed by atoms with Crippen molar-refractivity contribution in [3.63, 3.8) is 0 Å². The van der Waals surface area contributed by atoms with Crippen LogP contribution in [-0.2, 0) is 6.54 Å². The molecule has 5 heteroatoms. The van der Waals surface area contributed by atoms with Crippen molar-refractivity contribution in [2.24, 2.45) is 0 Å². The van der Waals surface area contributed by atoms with Crippen LogP contribution >= 0.6 is 15.9 Å². The first kappa shape index (κ1) is 18.7. The van der Waals surface area contributed by atoms with Gasteiger partial charge >= 0.3 is 0 Å². The Hall–Kier alpha value is -2.11. The third kappa shape index (κ3) is 4.17. The van der Waals surface area contributed by atoms with Gasteiger partial charge in [-0.05, 0) is 78.2 Å². The lowest BCUT2D eigenvalue weighted by molar-refractivity contribution is 0.411. The number of halogens is 1. The van der Waals surface area contributed by atoms with Crippen LogP contribution in [0.25, 0.3) is 5.69 Å². The van der Waals surface area contributed by atoms with E-state index >= 15 is 0 Å². The molecule has 0 aliphatic rings. The molecule has 0 bridgehead atoms. The summed E-state index contributed by atoms with van der Waals surface area (Å²) in [5.41, 5.74) is 5.73. The second kappa shape index (κ2) is 8.06. The van der Waals surface area contributed by atoms with Crippen LogP contribution in [0.2, 0.25) is 0 Å². The van der Waals surface area contributed by atoms with Gasteiger partial charge in [-0.1, -0.05) is 18.2 Å². The van der Waals surface area contributed by atoms with Crippen molar-refractivity contribution in [2.45, 2.75) is 33.4 Å². The van der Waals surface area contributed by atoms with Crippen LogP contribution in [0, 0.1) is 13.8 Å². The summed E-state index contributed by atoms with van der Waals surface area (Å²) in [6.07, 6.45) is 0. The lowest BCUT2D eigenvalue weighted by atomic mass is 10.1. The van der Waals surface area contributed by atoms with Crippen LogP contribution in [0.1, 0.15) is 35.5 Å². The summed E-state index contributed by atoms with van der Waals surface area (Å²) >= 11 is 3.55. The number of aryl methyl sites for hydroxylation is 2. The molecule has 0 amide bonds. The number of ether oxygens (including phenoxy) is 1. The molecule has 1 atom stereocenters. The number of methoxy groups -OCH3 is 1. The van der Waals surface area contributed by atoms with Gasteiger partial charge < -0.3 is 10.1 Å². The van der Waals surface area contributed by atoms with Crippen molar-refractivity contribution < 1.29 is 4.74 Å². The first-order valence-corrected chi connectivity index (χ1v) is 9.46. The molecule has 136 valence electrons. The predicted octanol–water partition coefficient (Wildman–Crippen LogP) is 5.11. The maximum Gasteiger partial charge on any atom is 0.133 e. The summed E-state index contributed by atoms with van der Waals surface area (Å²) in [4.78, 5) is 0. The topological polar surface area (TPSA) is 39.1 Å². The molecule has 0 aliphatic heterocycles. The van der Waals surface area contributed by atoms with Crippen LogP contribution in [0.3, 0.4) is 0 Å². The zero-order valence-corrected chi connectivity index (χ0v) is 17.2. The Bertz CT molecular complexity index is 887. The molecule has 0 fully saturated rings. The number of rotatable bonds is 6. The fraction of sp³-hybridized carbons (Fsp3) is 0.286. The van der Waals surface area contributed by atoms with E-state index in [1.54, 1.807) is 7.11 Å². The van der Waals surface area contributed by atoms with Crippen molar-refractivity contribution in [3.8, 4) is 11.4 Å². The highest BCUT2D eigenvalue weighted by Gasteiger charge is 2.09. The van der Waals surface area contributed by atoms with Crippen molar-refractivity contribution in [2.75, 3.05) is 7.11 Å². The average Bonchev–Trinajstić information content (AvgIpc) is 2.98. The minimum atomic E-state index is 0.243. The van der Waals surface area contributed by atoms with Crippen LogP contribution in [0.4, 0.5) is 0 Å². The van der Waals surface area contributed by atoms with Crippen LogP contribution in [0.5, 0.6) is 5.75 Å². The molecule has 2 aromatic carbocycles. The molecule has 0 saturated carbocycles. The number of aromatic nitrogens is 2. The molecule has 4 nitrogen and oxygen atoms in total. The van der Waals surface area contributed by atoms with E-state index in [-0.39, 0.29) is 6.04 Å². The van der Waals surface area contributed by atoms with Crippen LogP contribution in [0.15, 0.2) is 53.0 Å². The molecule has 1 aromatic heterocycles. The van der Waals surface area contributed by atoms with E-state index in [9.17, 15) is 0 Å². The monoisotopic (exact) mass is 413 g/mol. The van der Waals surface area contributed by atoms with Gasteiger partial charge in [-0.2, -0.15) is 5.10 Å². The standard InChI is InChI=1S/C21H24BrN3O/c1-14-11-15(2)25(24-14)19-8-5-17(6-9-19)13-23-16(3)18-7-10-21(26-4)20(22)12-18/h5-12,16,23H,13H2,1-4H3. The number of benzene rings is 2. The summed E-state index contributed by atoms with van der Waals surface area (Å²) in [7, 11) is 1.68. The van der Waals surface area contributed by atoms with Gasteiger partial charge in [-0.15, -0.1) is 0 Å². The second-order valence-corrected chi connectivity index (χ2v) is 7.36. The molecule has 3 rings (SSSR count). The van der Waals surface area contributed by atoms with E-state index < -0.39 is 0 Å². The van der Waals surface area contributed by atoms with Gasteiger partial charge in [0.15, 0.2) is 0 Å². The number of nitrogens with one attached hydrogen (secondary N) is 1. The molecule has 26 heavy (non-hydrogen) atoms. The van der Waals surface area contributed by atoms with Gasteiger partial charge in [-0.25, -0.2) is 4.68 Å². The van der Waals surface area contributed by atoms with E-state index in [4.69, 9.17) is 4.74 Å². The molecular weight excluding hydrogens is 390 g/mol. The maximum atomic E-state index is 5.29. The summed E-state index contributed by atoms with van der Waals surface area (Å²) in [5.74, 6) is 0.848. The normalized spacial score (nSPS) is 12.2. The first-order valence-electron chi connectivity index (χ1n) is 8.67. The molecule has 0 saturated heterocycles. The zero-order valence-electron chi connectivity index (χ0n) is 15.6. The largest absolute Gasteiger partial charge is 0.496 e. The second-order valence-electron chi connectivity index (χ2n) is 6.50. The molecule has 0 aliphatic carbocycles. The molecule has 1 unspecified atom stereocenters. The minimum absolute atomic E-state index is 0.243. The van der Waals surface area contributed by atoms with Crippen molar-refractivity contribution >= 4 is 15.9 Å². The van der Waals surface area contributed by atoms with E-state index in [1.807, 2.05) is 17.7 Å². The molecule has 0 radical (unpaired) electrons. The first-order chi connectivity index (χ1) is 12.5. The molecule has 1 heterocycles. The quantitative estimate of drug-likeness (QED) is 0.609. The summed E-state index contributed by atoms with van der Waals surface area (Å²) in [5, 5.41) is 8.10. The van der Waals surface area contributed by atoms with Gasteiger partial charge in [0.1, 0.15) is 5.75 Å². The fourth-order valence-electron chi connectivity index (χ4n) is 2.99. The number of hydrogen-bond donors (Lipinski definition) is 1. The van der Waals surface area contributed by atoms with Gasteiger partial charge in [0, 0.05) is 18.3 Å². The summed E-state index contributed by atoms with van der Waals surface area (Å²) in [6.45, 7) is 7.06. The smallest absolute Gasteiger partial charge is 0.133 e. The minimum Gasteiger partial charge on any atom is -0.496 e. The lowest BCUT2D eigenvalue weighted by Gasteiger charge is -2.16. The number of nitrogens with zero attached hydrogens (tertiary/aromatic N) is 2. The van der Waals surface area contributed by atoms with Gasteiger partial charge in [-0.3, -0.25) is 0 Å². The SMILES string of the molecule is COc1ccc(C(C)NCc2ccc(-n3nc(C)cc3C)cc2)cc1Br. The Balaban J connectivity index is 1.64. The Morgan fingerprint density at radius 2 is 1.85 bits per heavy atom. The van der Waals surface area contributed by atoms with Gasteiger partial charge in [0.2, 0.25) is 0 Å². The van der Waals surface area contributed by atoms with Crippen molar-refractivity contribution in [1.29, 1.82) is 0 Å². The molecule has 0 spiro atoms. The third-order valence-corrected chi connectivity index (χ3v) is 5.10. The van der Waals surface area contributed by atoms with Crippen molar-refractivity contribution in [1.82, 2.24) is 15.1 Å². The number of hydrogen-bond acceptors (Lipinski definition) is 3. The van der Waals surface area contributed by atoms with E-state index in [0.717, 1.165) is 33.8 Å². The van der Waals surface area contributed by atoms with Crippen LogP contribution < -0.4 is 10.1 Å². The summed E-state index contributed by atoms with van der Waals surface area (Å²) in [6, 6.07) is 17.0. The third-order valence-electron chi connectivity index (χ3n) is 4.48. The summed E-state index contributed by atoms with van der Waals surface area (Å²) < 4.78 is 8.24. The molecule has 1 N–H and O–H groups in total. The van der Waals surface area contributed by atoms with Gasteiger partial charge in [0.05, 0.1) is 23.0 Å². The Morgan fingerprint density at radius 3 is 2.42 bits per heavy atom. The van der Waals surface area contributed by atoms with Crippen LogP contribution in [-0.4, -0.2) is 16.9 Å². The molecule has 3 aromatic rings. The maximum absolute atomic E-state index is 5.29. The lowest BCUT2D eigenvalue weighted by Crippen LogP contribution is -2.18. The highest BCUT2D eigenvalue weighted by Crippen LogP contribution is 2.28. The zero-order chi connectivity index (χ0) is 18.7. The van der Waals surface area contributed by atoms with E-state index in [2.05, 4.69) is 82.7 Å². The van der Waals surface area contributed by atoms with Gasteiger partial charge in [0.25, 0.3) is 0 Å². The molecular formula is C21H24BrN3O. The predicted molar refractivity (Wildman–Crippen MR) is 109 cm³/mol. The average molecular weight is 414 g/mol.